The lowest BCUT2D eigenvalue weighted by Crippen LogP contribution is -2.55. The highest BCUT2D eigenvalue weighted by Gasteiger charge is 2.61. The molecular formula is C19H21NO6. The number of fused-ring (bicyclic) bond motifs is 3. The molecule has 0 aromatic heterocycles. The van der Waals surface area contributed by atoms with Crippen LogP contribution in [0.4, 0.5) is 0 Å². The minimum atomic E-state index is -0.881. The van der Waals surface area contributed by atoms with Crippen LogP contribution in [0.2, 0.25) is 0 Å². The Bertz CT molecular complexity index is 714. The highest BCUT2D eigenvalue weighted by Crippen LogP contribution is 2.44. The van der Waals surface area contributed by atoms with E-state index in [1.807, 2.05) is 44.2 Å². The maximum atomic E-state index is 12.6. The lowest BCUT2D eigenvalue weighted by Gasteiger charge is -2.38. The van der Waals surface area contributed by atoms with Crippen LogP contribution in [-0.4, -0.2) is 48.9 Å². The van der Waals surface area contributed by atoms with Gasteiger partial charge in [0, 0.05) is 5.56 Å². The Kier molecular flexibility index (Phi) is 4.47. The van der Waals surface area contributed by atoms with Crippen molar-refractivity contribution in [3.63, 3.8) is 0 Å². The fraction of sp³-hybridized carbons (Fsp3) is 0.526. The molecule has 138 valence electrons. The number of benzene rings is 1. The molecule has 26 heavy (non-hydrogen) atoms. The Labute approximate surface area is 151 Å². The molecule has 3 saturated heterocycles. The molecule has 3 heterocycles. The number of amides is 1. The Morgan fingerprint density at radius 2 is 1.88 bits per heavy atom. The highest BCUT2D eigenvalue weighted by atomic mass is 16.9. The van der Waals surface area contributed by atoms with Crippen molar-refractivity contribution < 1.29 is 28.5 Å². The molecule has 6 atom stereocenters. The van der Waals surface area contributed by atoms with Crippen LogP contribution < -0.4 is 5.32 Å². The van der Waals surface area contributed by atoms with Crippen molar-refractivity contribution in [2.24, 2.45) is 0 Å². The van der Waals surface area contributed by atoms with E-state index in [-0.39, 0.29) is 12.5 Å². The van der Waals surface area contributed by atoms with Gasteiger partial charge in [-0.1, -0.05) is 36.3 Å². The van der Waals surface area contributed by atoms with Crippen molar-refractivity contribution in [2.45, 2.75) is 56.6 Å². The Hall–Kier alpha value is -1.95. The maximum absolute atomic E-state index is 12.6. The van der Waals surface area contributed by atoms with Crippen molar-refractivity contribution in [1.29, 1.82) is 0 Å². The number of nitrogens with one attached hydrogen (secondary N) is 1. The van der Waals surface area contributed by atoms with Gasteiger partial charge in [0.15, 0.2) is 24.5 Å². The third kappa shape index (κ3) is 3.11. The SMILES string of the molecule is C#CCNC(=O)[C@H]1OC(c2ccccc2)O[C@@H]2[C@H]3OC(C)(C)O[C@H]3O[C@@H]21. The van der Waals surface area contributed by atoms with Crippen LogP contribution >= 0.6 is 0 Å². The number of rotatable bonds is 3. The van der Waals surface area contributed by atoms with Crippen LogP contribution in [0.3, 0.4) is 0 Å². The van der Waals surface area contributed by atoms with E-state index in [0.717, 1.165) is 5.56 Å². The van der Waals surface area contributed by atoms with Gasteiger partial charge in [0.05, 0.1) is 6.54 Å². The number of hydrogen-bond acceptors (Lipinski definition) is 6. The van der Waals surface area contributed by atoms with Gasteiger partial charge in [-0.3, -0.25) is 4.79 Å². The molecule has 0 saturated carbocycles. The maximum Gasteiger partial charge on any atom is 0.252 e. The van der Waals surface area contributed by atoms with Gasteiger partial charge in [-0.25, -0.2) is 0 Å². The molecule has 1 aromatic rings. The first-order chi connectivity index (χ1) is 12.5. The van der Waals surface area contributed by atoms with Crippen LogP contribution in [0.5, 0.6) is 0 Å². The Balaban J connectivity index is 1.60. The summed E-state index contributed by atoms with van der Waals surface area (Å²) in [5.74, 6) is 1.26. The van der Waals surface area contributed by atoms with E-state index < -0.39 is 42.8 Å². The number of carbonyl (C=O) groups excluding carboxylic acids is 1. The van der Waals surface area contributed by atoms with Crippen molar-refractivity contribution in [2.75, 3.05) is 6.54 Å². The molecular weight excluding hydrogens is 338 g/mol. The predicted octanol–water partition coefficient (Wildman–Crippen LogP) is 1.09. The van der Waals surface area contributed by atoms with Gasteiger partial charge < -0.3 is 29.0 Å². The van der Waals surface area contributed by atoms with Crippen LogP contribution in [-0.2, 0) is 28.5 Å². The molecule has 1 N–H and O–H groups in total. The average Bonchev–Trinajstić information content (AvgIpc) is 3.11. The van der Waals surface area contributed by atoms with Crippen molar-refractivity contribution >= 4 is 5.91 Å². The fourth-order valence-electron chi connectivity index (χ4n) is 3.51. The second-order valence-electron chi connectivity index (χ2n) is 6.89. The number of terminal acetylenes is 1. The molecule has 4 rings (SSSR count). The summed E-state index contributed by atoms with van der Waals surface area (Å²) in [5.41, 5.74) is 0.808. The van der Waals surface area contributed by atoms with Crippen LogP contribution in [0, 0.1) is 12.3 Å². The third-order valence-electron chi connectivity index (χ3n) is 4.57. The molecule has 3 fully saturated rings. The molecule has 7 nitrogen and oxygen atoms in total. The highest BCUT2D eigenvalue weighted by molar-refractivity contribution is 5.82. The van der Waals surface area contributed by atoms with Gasteiger partial charge >= 0.3 is 0 Å². The van der Waals surface area contributed by atoms with E-state index in [0.29, 0.717) is 0 Å². The Morgan fingerprint density at radius 3 is 2.62 bits per heavy atom. The van der Waals surface area contributed by atoms with E-state index in [1.54, 1.807) is 0 Å². The summed E-state index contributed by atoms with van der Waals surface area (Å²) in [7, 11) is 0. The summed E-state index contributed by atoms with van der Waals surface area (Å²) in [5, 5.41) is 2.65. The van der Waals surface area contributed by atoms with Gasteiger partial charge in [0.2, 0.25) is 0 Å². The normalized spacial score (nSPS) is 37.4. The molecule has 3 aliphatic heterocycles. The van der Waals surface area contributed by atoms with Gasteiger partial charge in [-0.05, 0) is 13.8 Å². The zero-order chi connectivity index (χ0) is 18.3. The van der Waals surface area contributed by atoms with E-state index in [9.17, 15) is 4.79 Å². The molecule has 0 radical (unpaired) electrons. The molecule has 1 amide bonds. The monoisotopic (exact) mass is 359 g/mol. The first-order valence-corrected chi connectivity index (χ1v) is 8.57. The summed E-state index contributed by atoms with van der Waals surface area (Å²) in [6.45, 7) is 3.74. The van der Waals surface area contributed by atoms with Crippen LogP contribution in [0.1, 0.15) is 25.7 Å². The minimum Gasteiger partial charge on any atom is -0.343 e. The number of ether oxygens (including phenoxy) is 5. The van der Waals surface area contributed by atoms with Gasteiger partial charge in [0.1, 0.15) is 18.3 Å². The average molecular weight is 359 g/mol. The minimum absolute atomic E-state index is 0.111. The second-order valence-corrected chi connectivity index (χ2v) is 6.89. The molecule has 0 spiro atoms. The molecule has 3 aliphatic rings. The summed E-state index contributed by atoms with van der Waals surface area (Å²) >= 11 is 0. The predicted molar refractivity (Wildman–Crippen MR) is 89.5 cm³/mol. The molecule has 7 heteroatoms. The first kappa shape index (κ1) is 17.5. The Morgan fingerprint density at radius 1 is 1.12 bits per heavy atom. The van der Waals surface area contributed by atoms with Gasteiger partial charge in [-0.15, -0.1) is 6.42 Å². The largest absolute Gasteiger partial charge is 0.343 e. The summed E-state index contributed by atoms with van der Waals surface area (Å²) in [4.78, 5) is 12.6. The van der Waals surface area contributed by atoms with Crippen LogP contribution in [0.15, 0.2) is 30.3 Å². The van der Waals surface area contributed by atoms with E-state index in [4.69, 9.17) is 30.1 Å². The lowest BCUT2D eigenvalue weighted by atomic mass is 10.0. The molecule has 0 bridgehead atoms. The zero-order valence-corrected chi connectivity index (χ0v) is 14.6. The van der Waals surface area contributed by atoms with Crippen molar-refractivity contribution in [3.05, 3.63) is 35.9 Å². The third-order valence-corrected chi connectivity index (χ3v) is 4.57. The van der Waals surface area contributed by atoms with Crippen molar-refractivity contribution in [3.8, 4) is 12.3 Å². The van der Waals surface area contributed by atoms with Gasteiger partial charge in [0.25, 0.3) is 5.91 Å². The standard InChI is InChI=1S/C19H21NO6/c1-4-10-20-16(21)14-12-13(15-18(23-12)26-19(2,3)25-15)22-17(24-14)11-8-6-5-7-9-11/h1,5-9,12-15,17-18H,10H2,2-3H3,(H,20,21)/t12-,13-,14-,15+,17?,18+/m0/s1. The van der Waals surface area contributed by atoms with Crippen LogP contribution in [0.25, 0.3) is 0 Å². The quantitative estimate of drug-likeness (QED) is 0.815. The number of hydrogen-bond donors (Lipinski definition) is 1. The van der Waals surface area contributed by atoms with Gasteiger partial charge in [-0.2, -0.15) is 0 Å². The summed E-state index contributed by atoms with van der Waals surface area (Å²) < 4.78 is 29.7. The first-order valence-electron chi connectivity index (χ1n) is 8.57. The fourth-order valence-corrected chi connectivity index (χ4v) is 3.51. The summed E-state index contributed by atoms with van der Waals surface area (Å²) in [6.07, 6.45) is 1.45. The van der Waals surface area contributed by atoms with Crippen molar-refractivity contribution in [1.82, 2.24) is 5.32 Å². The second kappa shape index (κ2) is 6.65. The zero-order valence-electron chi connectivity index (χ0n) is 14.6. The molecule has 1 unspecified atom stereocenters. The lowest BCUT2D eigenvalue weighted by molar-refractivity contribution is -0.303. The van der Waals surface area contributed by atoms with E-state index in [1.165, 1.54) is 0 Å². The molecule has 0 aliphatic carbocycles. The molecule has 1 aromatic carbocycles. The van der Waals surface area contributed by atoms with E-state index >= 15 is 0 Å². The summed E-state index contributed by atoms with van der Waals surface area (Å²) in [6, 6.07) is 9.42. The smallest absolute Gasteiger partial charge is 0.252 e. The topological polar surface area (TPSA) is 75.3 Å². The van der Waals surface area contributed by atoms with E-state index in [2.05, 4.69) is 11.2 Å². The number of carbonyl (C=O) groups is 1.